The number of para-hydroxylation sites is 1. The Kier molecular flexibility index (Phi) is 4.74. The Morgan fingerprint density at radius 2 is 2.20 bits per heavy atom. The summed E-state index contributed by atoms with van der Waals surface area (Å²) in [5, 5.41) is 13.6. The Balaban J connectivity index is 2.01. The third-order valence-corrected chi connectivity index (χ3v) is 4.05. The van der Waals surface area contributed by atoms with E-state index in [1.54, 1.807) is 29.5 Å². The van der Waals surface area contributed by atoms with Gasteiger partial charge < -0.3 is 10.4 Å². The molecule has 4 nitrogen and oxygen atoms in total. The van der Waals surface area contributed by atoms with Gasteiger partial charge in [-0.25, -0.2) is 4.98 Å². The first-order valence-electron chi connectivity index (χ1n) is 6.58. The highest BCUT2D eigenvalue weighted by atomic mass is 32.1. The Morgan fingerprint density at radius 3 is 2.80 bits per heavy atom. The van der Waals surface area contributed by atoms with Crippen molar-refractivity contribution in [2.45, 2.75) is 32.7 Å². The zero-order chi connectivity index (χ0) is 14.5. The van der Waals surface area contributed by atoms with E-state index in [0.717, 1.165) is 16.3 Å². The second kappa shape index (κ2) is 6.52. The Bertz CT molecular complexity index is 595. The van der Waals surface area contributed by atoms with Gasteiger partial charge in [-0.05, 0) is 19.4 Å². The molecule has 0 saturated heterocycles. The molecule has 0 fully saturated rings. The number of carbonyl (C=O) groups excluding carboxylic acids is 1. The summed E-state index contributed by atoms with van der Waals surface area (Å²) in [4.78, 5) is 17.5. The summed E-state index contributed by atoms with van der Waals surface area (Å²) in [6.45, 7) is 4.01. The number of rotatable bonds is 5. The Hall–Kier alpha value is -1.88. The summed E-state index contributed by atoms with van der Waals surface area (Å²) in [6.07, 6.45) is 2.78. The van der Waals surface area contributed by atoms with E-state index in [0.29, 0.717) is 5.56 Å². The van der Waals surface area contributed by atoms with Crippen molar-refractivity contribution in [2.24, 2.45) is 0 Å². The number of amides is 1. The number of aryl methyl sites for hydroxylation is 1. The van der Waals surface area contributed by atoms with Crippen LogP contribution < -0.4 is 5.32 Å². The first-order valence-corrected chi connectivity index (χ1v) is 7.40. The molecule has 2 rings (SSSR count). The van der Waals surface area contributed by atoms with Crippen LogP contribution in [-0.2, 0) is 11.2 Å². The van der Waals surface area contributed by atoms with Crippen LogP contribution in [0.2, 0.25) is 0 Å². The highest BCUT2D eigenvalue weighted by molar-refractivity contribution is 7.11. The number of benzene rings is 1. The molecular weight excluding hydrogens is 272 g/mol. The largest absolute Gasteiger partial charge is 0.508 e. The van der Waals surface area contributed by atoms with Crippen molar-refractivity contribution in [3.05, 3.63) is 45.9 Å². The van der Waals surface area contributed by atoms with E-state index in [2.05, 4.69) is 10.3 Å². The van der Waals surface area contributed by atoms with Gasteiger partial charge in [-0.2, -0.15) is 0 Å². The van der Waals surface area contributed by atoms with E-state index < -0.39 is 0 Å². The molecule has 5 heteroatoms. The van der Waals surface area contributed by atoms with Gasteiger partial charge in [0, 0.05) is 16.6 Å². The molecule has 0 unspecified atom stereocenters. The lowest BCUT2D eigenvalue weighted by molar-refractivity contribution is -0.121. The number of hydrogen-bond acceptors (Lipinski definition) is 4. The van der Waals surface area contributed by atoms with Gasteiger partial charge in [-0.1, -0.05) is 25.1 Å². The molecule has 106 valence electrons. The third-order valence-electron chi connectivity index (χ3n) is 3.02. The average molecular weight is 290 g/mol. The molecule has 20 heavy (non-hydrogen) atoms. The van der Waals surface area contributed by atoms with Gasteiger partial charge >= 0.3 is 0 Å². The predicted octanol–water partition coefficient (Wildman–Crippen LogP) is 2.97. The van der Waals surface area contributed by atoms with Crippen molar-refractivity contribution in [1.29, 1.82) is 0 Å². The summed E-state index contributed by atoms with van der Waals surface area (Å²) in [5.74, 6) is 0.0481. The van der Waals surface area contributed by atoms with Crippen LogP contribution in [0.5, 0.6) is 5.75 Å². The number of phenolic OH excluding ortho intramolecular Hbond substituents is 1. The number of nitrogens with zero attached hydrogens (tertiary/aromatic N) is 1. The molecule has 2 N–H and O–H groups in total. The van der Waals surface area contributed by atoms with E-state index in [1.807, 2.05) is 26.1 Å². The lowest BCUT2D eigenvalue weighted by atomic mass is 10.1. The van der Waals surface area contributed by atoms with Crippen LogP contribution in [0.3, 0.4) is 0 Å². The maximum Gasteiger partial charge on any atom is 0.225 e. The molecule has 1 aromatic carbocycles. The topological polar surface area (TPSA) is 62.2 Å². The van der Waals surface area contributed by atoms with Crippen molar-refractivity contribution in [3.8, 4) is 5.75 Å². The monoisotopic (exact) mass is 290 g/mol. The summed E-state index contributed by atoms with van der Waals surface area (Å²) >= 11 is 1.60. The van der Waals surface area contributed by atoms with Gasteiger partial charge in [-0.3, -0.25) is 4.79 Å². The van der Waals surface area contributed by atoms with Crippen LogP contribution in [0.1, 0.15) is 34.8 Å². The minimum absolute atomic E-state index is 0.0629. The van der Waals surface area contributed by atoms with Crippen LogP contribution in [-0.4, -0.2) is 16.0 Å². The van der Waals surface area contributed by atoms with Gasteiger partial charge in [0.05, 0.1) is 12.5 Å². The lowest BCUT2D eigenvalue weighted by Gasteiger charge is -2.14. The van der Waals surface area contributed by atoms with Crippen molar-refractivity contribution < 1.29 is 9.90 Å². The van der Waals surface area contributed by atoms with E-state index >= 15 is 0 Å². The van der Waals surface area contributed by atoms with Crippen molar-refractivity contribution >= 4 is 17.2 Å². The number of carbonyl (C=O) groups is 1. The first kappa shape index (κ1) is 14.5. The van der Waals surface area contributed by atoms with E-state index in [-0.39, 0.29) is 24.1 Å². The zero-order valence-electron chi connectivity index (χ0n) is 11.6. The molecule has 2 aromatic rings. The molecule has 1 aromatic heterocycles. The lowest BCUT2D eigenvalue weighted by Crippen LogP contribution is -2.29. The molecule has 0 aliphatic rings. The molecule has 0 bridgehead atoms. The number of aromatic nitrogens is 1. The van der Waals surface area contributed by atoms with Crippen molar-refractivity contribution in [1.82, 2.24) is 10.3 Å². The summed E-state index contributed by atoms with van der Waals surface area (Å²) in [7, 11) is 0. The van der Waals surface area contributed by atoms with E-state index in [1.165, 1.54) is 0 Å². The first-order chi connectivity index (χ1) is 9.60. The zero-order valence-corrected chi connectivity index (χ0v) is 12.4. The molecule has 0 spiro atoms. The minimum atomic E-state index is -0.105. The second-order valence-corrected chi connectivity index (χ2v) is 5.91. The van der Waals surface area contributed by atoms with Gasteiger partial charge in [0.1, 0.15) is 10.8 Å². The molecule has 0 aliphatic heterocycles. The number of phenols is 1. The minimum Gasteiger partial charge on any atom is -0.508 e. The molecular formula is C15H18N2O2S. The van der Waals surface area contributed by atoms with Crippen molar-refractivity contribution in [3.63, 3.8) is 0 Å². The predicted molar refractivity (Wildman–Crippen MR) is 79.8 cm³/mol. The third kappa shape index (κ3) is 3.57. The number of aromatic hydroxyl groups is 1. The van der Waals surface area contributed by atoms with Crippen molar-refractivity contribution in [2.75, 3.05) is 0 Å². The van der Waals surface area contributed by atoms with Gasteiger partial charge in [0.15, 0.2) is 0 Å². The van der Waals surface area contributed by atoms with Crippen LogP contribution in [0.25, 0.3) is 0 Å². The average Bonchev–Trinajstić information content (AvgIpc) is 2.85. The van der Waals surface area contributed by atoms with Crippen LogP contribution >= 0.6 is 11.3 Å². The maximum atomic E-state index is 12.1. The van der Waals surface area contributed by atoms with Gasteiger partial charge in [0.2, 0.25) is 5.91 Å². The molecule has 1 amide bonds. The van der Waals surface area contributed by atoms with E-state index in [4.69, 9.17) is 0 Å². The molecule has 1 heterocycles. The number of thiazole rings is 1. The molecule has 1 atom stereocenters. The van der Waals surface area contributed by atoms with Crippen LogP contribution in [0.4, 0.5) is 0 Å². The molecule has 0 saturated carbocycles. The highest BCUT2D eigenvalue weighted by Gasteiger charge is 2.16. The Morgan fingerprint density at radius 1 is 1.45 bits per heavy atom. The number of hydrogen-bond donors (Lipinski definition) is 2. The Labute approximate surface area is 122 Å². The normalized spacial score (nSPS) is 12.1. The number of nitrogens with one attached hydrogen (secondary N) is 1. The van der Waals surface area contributed by atoms with Gasteiger partial charge in [-0.15, -0.1) is 11.3 Å². The standard InChI is InChI=1S/C15H18N2O2S/c1-3-12(15-16-9-10(2)20-15)17-14(19)8-11-6-4-5-7-13(11)18/h4-7,9,12,18H,3,8H2,1-2H3,(H,17,19)/t12-/m0/s1. The summed E-state index contributed by atoms with van der Waals surface area (Å²) in [5.41, 5.74) is 0.634. The fraction of sp³-hybridized carbons (Fsp3) is 0.333. The highest BCUT2D eigenvalue weighted by Crippen LogP contribution is 2.22. The van der Waals surface area contributed by atoms with Gasteiger partial charge in [0.25, 0.3) is 0 Å². The van der Waals surface area contributed by atoms with Crippen LogP contribution in [0.15, 0.2) is 30.5 Å². The molecule has 0 radical (unpaired) electrons. The quantitative estimate of drug-likeness (QED) is 0.890. The fourth-order valence-electron chi connectivity index (χ4n) is 1.95. The fourth-order valence-corrected chi connectivity index (χ4v) is 2.86. The smallest absolute Gasteiger partial charge is 0.225 e. The maximum absolute atomic E-state index is 12.1. The SMILES string of the molecule is CC[C@H](NC(=O)Cc1ccccc1O)c1ncc(C)s1. The second-order valence-electron chi connectivity index (χ2n) is 4.64. The summed E-state index contributed by atoms with van der Waals surface area (Å²) < 4.78 is 0. The summed E-state index contributed by atoms with van der Waals surface area (Å²) in [6, 6.07) is 6.83. The van der Waals surface area contributed by atoms with E-state index in [9.17, 15) is 9.90 Å². The van der Waals surface area contributed by atoms with Crippen LogP contribution in [0, 0.1) is 6.92 Å². The molecule has 0 aliphatic carbocycles.